The van der Waals surface area contributed by atoms with Crippen molar-refractivity contribution in [2.45, 2.75) is 6.54 Å². The lowest BCUT2D eigenvalue weighted by molar-refractivity contribution is 0.0779. The standard InChI is InChI=1S/C10H12N6O/c1-16(6-7-2-14-15-3-7)10(17)8-4-13-9(11)5-12-8/h2-5H,6H2,1H3,(H2,11,13)(H,14,15). The van der Waals surface area contributed by atoms with Crippen molar-refractivity contribution in [1.82, 2.24) is 25.1 Å². The molecule has 0 atom stereocenters. The predicted octanol–water partition coefficient (Wildman–Crippen LogP) is 0.0541. The van der Waals surface area contributed by atoms with Crippen LogP contribution in [0.3, 0.4) is 0 Å². The normalized spacial score (nSPS) is 10.2. The first-order valence-electron chi connectivity index (χ1n) is 4.97. The number of aromatic nitrogens is 4. The van der Waals surface area contributed by atoms with Gasteiger partial charge >= 0.3 is 0 Å². The lowest BCUT2D eigenvalue weighted by Crippen LogP contribution is -2.27. The van der Waals surface area contributed by atoms with Gasteiger partial charge in [-0.3, -0.25) is 9.89 Å². The fourth-order valence-corrected chi connectivity index (χ4v) is 1.35. The van der Waals surface area contributed by atoms with Gasteiger partial charge in [0, 0.05) is 25.4 Å². The van der Waals surface area contributed by atoms with Gasteiger partial charge in [-0.1, -0.05) is 0 Å². The summed E-state index contributed by atoms with van der Waals surface area (Å²) in [4.78, 5) is 21.2. The zero-order chi connectivity index (χ0) is 12.3. The number of nitrogen functional groups attached to an aromatic ring is 1. The Kier molecular flexibility index (Phi) is 2.99. The van der Waals surface area contributed by atoms with Gasteiger partial charge in [-0.25, -0.2) is 9.97 Å². The molecule has 7 heteroatoms. The molecule has 0 fully saturated rings. The highest BCUT2D eigenvalue weighted by molar-refractivity contribution is 5.91. The van der Waals surface area contributed by atoms with Crippen LogP contribution in [0.4, 0.5) is 5.82 Å². The summed E-state index contributed by atoms with van der Waals surface area (Å²) >= 11 is 0. The molecule has 0 saturated carbocycles. The van der Waals surface area contributed by atoms with Gasteiger partial charge in [0.25, 0.3) is 5.91 Å². The van der Waals surface area contributed by atoms with E-state index < -0.39 is 0 Å². The molecule has 88 valence electrons. The Morgan fingerprint density at radius 2 is 2.24 bits per heavy atom. The molecule has 1 amide bonds. The summed E-state index contributed by atoms with van der Waals surface area (Å²) in [5.41, 5.74) is 6.59. The number of hydrogen-bond acceptors (Lipinski definition) is 5. The summed E-state index contributed by atoms with van der Waals surface area (Å²) in [5.74, 6) is 0.0812. The average Bonchev–Trinajstić information content (AvgIpc) is 2.82. The van der Waals surface area contributed by atoms with Crippen molar-refractivity contribution in [3.8, 4) is 0 Å². The van der Waals surface area contributed by atoms with E-state index in [1.807, 2.05) is 0 Å². The molecule has 2 aromatic heterocycles. The van der Waals surface area contributed by atoms with Crippen molar-refractivity contribution in [2.24, 2.45) is 0 Å². The van der Waals surface area contributed by atoms with Crippen LogP contribution in [0.1, 0.15) is 16.1 Å². The molecule has 0 spiro atoms. The second-order valence-electron chi connectivity index (χ2n) is 3.59. The van der Waals surface area contributed by atoms with Crippen molar-refractivity contribution < 1.29 is 4.79 Å². The molecule has 0 saturated heterocycles. The number of nitrogens with zero attached hydrogens (tertiary/aromatic N) is 4. The van der Waals surface area contributed by atoms with Gasteiger partial charge in [0.15, 0.2) is 0 Å². The number of rotatable bonds is 3. The van der Waals surface area contributed by atoms with E-state index in [2.05, 4.69) is 20.2 Å². The SMILES string of the molecule is CN(Cc1cn[nH]c1)C(=O)c1cnc(N)cn1. The highest BCUT2D eigenvalue weighted by Crippen LogP contribution is 2.05. The third-order valence-electron chi connectivity index (χ3n) is 2.21. The molecule has 0 aliphatic carbocycles. The van der Waals surface area contributed by atoms with Gasteiger partial charge in [-0.05, 0) is 0 Å². The monoisotopic (exact) mass is 232 g/mol. The summed E-state index contributed by atoms with van der Waals surface area (Å²) in [7, 11) is 1.69. The summed E-state index contributed by atoms with van der Waals surface area (Å²) in [6.45, 7) is 0.460. The van der Waals surface area contributed by atoms with E-state index in [0.29, 0.717) is 12.4 Å². The molecule has 0 unspecified atom stereocenters. The molecule has 7 nitrogen and oxygen atoms in total. The summed E-state index contributed by atoms with van der Waals surface area (Å²) in [6.07, 6.45) is 6.12. The fourth-order valence-electron chi connectivity index (χ4n) is 1.35. The van der Waals surface area contributed by atoms with Crippen molar-refractivity contribution in [3.63, 3.8) is 0 Å². The lowest BCUT2D eigenvalue weighted by Gasteiger charge is -2.15. The number of nitrogens with one attached hydrogen (secondary N) is 1. The van der Waals surface area contributed by atoms with Crippen LogP contribution in [0.15, 0.2) is 24.8 Å². The zero-order valence-corrected chi connectivity index (χ0v) is 9.29. The van der Waals surface area contributed by atoms with Gasteiger partial charge in [0.1, 0.15) is 11.5 Å². The highest BCUT2D eigenvalue weighted by Gasteiger charge is 2.13. The molecule has 0 aliphatic heterocycles. The van der Waals surface area contributed by atoms with E-state index in [-0.39, 0.29) is 11.6 Å². The van der Waals surface area contributed by atoms with Crippen molar-refractivity contribution in [1.29, 1.82) is 0 Å². The largest absolute Gasteiger partial charge is 0.382 e. The van der Waals surface area contributed by atoms with E-state index in [1.54, 1.807) is 19.4 Å². The van der Waals surface area contributed by atoms with Gasteiger partial charge in [-0.2, -0.15) is 5.10 Å². The maximum Gasteiger partial charge on any atom is 0.274 e. The second-order valence-corrected chi connectivity index (χ2v) is 3.59. The highest BCUT2D eigenvalue weighted by atomic mass is 16.2. The molecule has 0 aliphatic rings. The Morgan fingerprint density at radius 1 is 1.41 bits per heavy atom. The first-order valence-corrected chi connectivity index (χ1v) is 4.97. The third-order valence-corrected chi connectivity index (χ3v) is 2.21. The number of anilines is 1. The average molecular weight is 232 g/mol. The van der Waals surface area contributed by atoms with Crippen LogP contribution < -0.4 is 5.73 Å². The van der Waals surface area contributed by atoms with Crippen LogP contribution in [-0.2, 0) is 6.54 Å². The molecular weight excluding hydrogens is 220 g/mol. The number of nitrogens with two attached hydrogens (primary N) is 1. The van der Waals surface area contributed by atoms with Crippen LogP contribution in [0, 0.1) is 0 Å². The van der Waals surface area contributed by atoms with Crippen molar-refractivity contribution >= 4 is 11.7 Å². The topological polar surface area (TPSA) is 101 Å². The Hall–Kier alpha value is -2.44. The van der Waals surface area contributed by atoms with Gasteiger partial charge in [0.05, 0.1) is 18.6 Å². The van der Waals surface area contributed by atoms with E-state index in [0.717, 1.165) is 5.56 Å². The van der Waals surface area contributed by atoms with Gasteiger partial charge in [-0.15, -0.1) is 0 Å². The Balaban J connectivity index is 2.07. The van der Waals surface area contributed by atoms with Crippen LogP contribution in [0.2, 0.25) is 0 Å². The Bertz CT molecular complexity index is 492. The van der Waals surface area contributed by atoms with Crippen LogP contribution >= 0.6 is 0 Å². The second kappa shape index (κ2) is 4.60. The fraction of sp³-hybridized carbons (Fsp3) is 0.200. The first kappa shape index (κ1) is 11.1. The molecule has 0 aromatic carbocycles. The number of carbonyl (C=O) groups excluding carboxylic acids is 1. The Morgan fingerprint density at radius 3 is 2.82 bits per heavy atom. The smallest absolute Gasteiger partial charge is 0.274 e. The summed E-state index contributed by atoms with van der Waals surface area (Å²) in [6, 6.07) is 0. The van der Waals surface area contributed by atoms with E-state index >= 15 is 0 Å². The summed E-state index contributed by atoms with van der Waals surface area (Å²) < 4.78 is 0. The van der Waals surface area contributed by atoms with E-state index in [1.165, 1.54) is 17.3 Å². The van der Waals surface area contributed by atoms with E-state index in [4.69, 9.17) is 5.73 Å². The molecule has 2 aromatic rings. The summed E-state index contributed by atoms with van der Waals surface area (Å²) in [5, 5.41) is 6.50. The minimum absolute atomic E-state index is 0.210. The number of aromatic amines is 1. The maximum absolute atomic E-state index is 11.9. The van der Waals surface area contributed by atoms with Crippen LogP contribution in [-0.4, -0.2) is 38.0 Å². The molecule has 2 heterocycles. The third kappa shape index (κ3) is 2.57. The van der Waals surface area contributed by atoms with Gasteiger partial charge in [0.2, 0.25) is 0 Å². The van der Waals surface area contributed by atoms with Crippen molar-refractivity contribution in [2.75, 3.05) is 12.8 Å². The number of carbonyl (C=O) groups is 1. The molecule has 17 heavy (non-hydrogen) atoms. The first-order chi connectivity index (χ1) is 8.16. The lowest BCUT2D eigenvalue weighted by atomic mass is 10.3. The van der Waals surface area contributed by atoms with Crippen molar-refractivity contribution in [3.05, 3.63) is 36.0 Å². The number of H-pyrrole nitrogens is 1. The van der Waals surface area contributed by atoms with Gasteiger partial charge < -0.3 is 10.6 Å². The number of hydrogen-bond donors (Lipinski definition) is 2. The Labute approximate surface area is 97.7 Å². The van der Waals surface area contributed by atoms with E-state index in [9.17, 15) is 4.79 Å². The molecule has 3 N–H and O–H groups in total. The van der Waals surface area contributed by atoms with Crippen LogP contribution in [0.5, 0.6) is 0 Å². The van der Waals surface area contributed by atoms with Crippen LogP contribution in [0.25, 0.3) is 0 Å². The molecule has 0 bridgehead atoms. The predicted molar refractivity (Wildman–Crippen MR) is 60.8 cm³/mol. The quantitative estimate of drug-likeness (QED) is 0.778. The number of amides is 1. The molecule has 0 radical (unpaired) electrons. The zero-order valence-electron chi connectivity index (χ0n) is 9.29. The molecular formula is C10H12N6O. The maximum atomic E-state index is 11.9. The minimum Gasteiger partial charge on any atom is -0.382 e. The molecule has 2 rings (SSSR count). The minimum atomic E-state index is -0.210.